The third kappa shape index (κ3) is 3.38. The zero-order chi connectivity index (χ0) is 12.2. The van der Waals surface area contributed by atoms with Gasteiger partial charge in [0.1, 0.15) is 11.3 Å². The number of aromatic nitrogens is 2. The number of imidazole rings is 1. The molecule has 0 fully saturated rings. The Morgan fingerprint density at radius 1 is 1.56 bits per heavy atom. The molecule has 0 spiro atoms. The quantitative estimate of drug-likeness (QED) is 0.611. The molecule has 0 saturated carbocycles. The summed E-state index contributed by atoms with van der Waals surface area (Å²) >= 11 is 0. The van der Waals surface area contributed by atoms with E-state index in [0.717, 1.165) is 0 Å². The smallest absolute Gasteiger partial charge is 0.354 e. The van der Waals surface area contributed by atoms with E-state index in [-0.39, 0.29) is 6.47 Å². The first-order valence-corrected chi connectivity index (χ1v) is 4.74. The van der Waals surface area contributed by atoms with E-state index in [0.29, 0.717) is 5.69 Å². The van der Waals surface area contributed by atoms with Crippen molar-refractivity contribution in [1.82, 2.24) is 9.97 Å². The van der Waals surface area contributed by atoms with Gasteiger partial charge in [0.25, 0.3) is 6.47 Å². The van der Waals surface area contributed by atoms with Gasteiger partial charge in [-0.1, -0.05) is 0 Å². The minimum absolute atomic E-state index is 0.198. The van der Waals surface area contributed by atoms with Gasteiger partial charge in [-0.05, 0) is 20.8 Å². The van der Waals surface area contributed by atoms with Crippen molar-refractivity contribution in [2.45, 2.75) is 32.5 Å². The number of carbonyl (C=O) groups excluding carboxylic acids is 2. The van der Waals surface area contributed by atoms with E-state index in [9.17, 15) is 9.59 Å². The first-order chi connectivity index (χ1) is 7.44. The van der Waals surface area contributed by atoms with Crippen LogP contribution >= 0.6 is 0 Å². The van der Waals surface area contributed by atoms with Crippen molar-refractivity contribution in [3.8, 4) is 0 Å². The molecule has 0 aliphatic rings. The summed E-state index contributed by atoms with van der Waals surface area (Å²) in [6.45, 7) is 5.39. The molecule has 1 heterocycles. The van der Waals surface area contributed by atoms with Gasteiger partial charge in [0, 0.05) is 6.20 Å². The molecule has 1 N–H and O–H groups in total. The van der Waals surface area contributed by atoms with Crippen molar-refractivity contribution < 1.29 is 19.1 Å². The summed E-state index contributed by atoms with van der Waals surface area (Å²) in [6, 6.07) is 0. The first-order valence-electron chi connectivity index (χ1n) is 4.74. The molecule has 6 heteroatoms. The molecule has 0 aromatic carbocycles. The summed E-state index contributed by atoms with van der Waals surface area (Å²) in [6.07, 6.45) is 1.74. The Balaban J connectivity index is 2.78. The fraction of sp³-hybridized carbons (Fsp3) is 0.500. The number of nitrogens with zero attached hydrogens (tertiary/aromatic N) is 1. The summed E-state index contributed by atoms with van der Waals surface area (Å²) in [4.78, 5) is 28.5. The number of H-pyrrole nitrogens is 1. The number of rotatable bonds is 4. The summed E-state index contributed by atoms with van der Waals surface area (Å²) in [5.41, 5.74) is -0.334. The van der Waals surface area contributed by atoms with Crippen LogP contribution in [-0.4, -0.2) is 28.0 Å². The van der Waals surface area contributed by atoms with Gasteiger partial charge in [-0.25, -0.2) is 9.78 Å². The lowest BCUT2D eigenvalue weighted by atomic mass is 10.2. The van der Waals surface area contributed by atoms with E-state index in [2.05, 4.69) is 14.7 Å². The van der Waals surface area contributed by atoms with Gasteiger partial charge in [-0.15, -0.1) is 0 Å². The van der Waals surface area contributed by atoms with Crippen molar-refractivity contribution in [2.75, 3.05) is 0 Å². The molecule has 1 unspecified atom stereocenters. The van der Waals surface area contributed by atoms with E-state index >= 15 is 0 Å². The molecule has 0 aliphatic heterocycles. The van der Waals surface area contributed by atoms with Crippen LogP contribution in [0.25, 0.3) is 0 Å². The average Bonchev–Trinajstić information content (AvgIpc) is 2.63. The highest BCUT2D eigenvalue weighted by Crippen LogP contribution is 2.19. The molecule has 0 radical (unpaired) electrons. The molecule has 0 saturated heterocycles. The van der Waals surface area contributed by atoms with Crippen LogP contribution in [0.2, 0.25) is 0 Å². The van der Waals surface area contributed by atoms with Crippen LogP contribution in [0.15, 0.2) is 12.5 Å². The van der Waals surface area contributed by atoms with E-state index in [4.69, 9.17) is 4.74 Å². The van der Waals surface area contributed by atoms with Gasteiger partial charge in [-0.2, -0.15) is 0 Å². The minimum Gasteiger partial charge on any atom is -0.457 e. The van der Waals surface area contributed by atoms with Gasteiger partial charge in [0.2, 0.25) is 6.10 Å². The standard InChI is InChI=1S/C10H14N2O4/c1-10(2,3)16-9(14)8(15-6-13)7-4-11-5-12-7/h4-6,8H,1-3H3,(H,11,12). The number of ether oxygens (including phenoxy) is 2. The second kappa shape index (κ2) is 4.78. The SMILES string of the molecule is CC(C)(C)OC(=O)C(OC=O)c1c[nH]cn1. The fourth-order valence-electron chi connectivity index (χ4n) is 1.07. The zero-order valence-electron chi connectivity index (χ0n) is 9.39. The Hall–Kier alpha value is -1.85. The Morgan fingerprint density at radius 3 is 2.69 bits per heavy atom. The Labute approximate surface area is 93.0 Å². The average molecular weight is 226 g/mol. The normalized spacial score (nSPS) is 12.9. The maximum Gasteiger partial charge on any atom is 0.354 e. The van der Waals surface area contributed by atoms with Crippen LogP contribution in [0.3, 0.4) is 0 Å². The van der Waals surface area contributed by atoms with Crippen LogP contribution in [0.5, 0.6) is 0 Å². The minimum atomic E-state index is -1.12. The molecule has 6 nitrogen and oxygen atoms in total. The lowest BCUT2D eigenvalue weighted by Crippen LogP contribution is -2.29. The third-order valence-corrected chi connectivity index (χ3v) is 1.60. The maximum atomic E-state index is 11.7. The molecule has 1 atom stereocenters. The maximum absolute atomic E-state index is 11.7. The Kier molecular flexibility index (Phi) is 3.65. The highest BCUT2D eigenvalue weighted by molar-refractivity contribution is 5.77. The summed E-state index contributed by atoms with van der Waals surface area (Å²) < 4.78 is 9.76. The number of esters is 1. The van der Waals surface area contributed by atoms with Crippen LogP contribution in [0, 0.1) is 0 Å². The van der Waals surface area contributed by atoms with Crippen LogP contribution in [0.4, 0.5) is 0 Å². The number of hydrogen-bond donors (Lipinski definition) is 1. The predicted molar refractivity (Wildman–Crippen MR) is 54.3 cm³/mol. The van der Waals surface area contributed by atoms with E-state index in [1.807, 2.05) is 0 Å². The predicted octanol–water partition coefficient (Wildman–Crippen LogP) is 0.966. The van der Waals surface area contributed by atoms with Gasteiger partial charge in [0.15, 0.2) is 0 Å². The number of carbonyl (C=O) groups is 2. The zero-order valence-corrected chi connectivity index (χ0v) is 9.39. The van der Waals surface area contributed by atoms with Gasteiger partial charge in [0.05, 0.1) is 6.33 Å². The van der Waals surface area contributed by atoms with Crippen molar-refractivity contribution in [3.05, 3.63) is 18.2 Å². The van der Waals surface area contributed by atoms with Gasteiger partial charge in [-0.3, -0.25) is 4.79 Å². The number of nitrogens with one attached hydrogen (secondary N) is 1. The molecule has 16 heavy (non-hydrogen) atoms. The second-order valence-electron chi connectivity index (χ2n) is 4.14. The molecular formula is C10H14N2O4. The van der Waals surface area contributed by atoms with Gasteiger partial charge < -0.3 is 14.5 Å². The first kappa shape index (κ1) is 12.2. The number of hydrogen-bond acceptors (Lipinski definition) is 5. The summed E-state index contributed by atoms with van der Waals surface area (Å²) in [5.74, 6) is -0.647. The lowest BCUT2D eigenvalue weighted by molar-refractivity contribution is -0.171. The van der Waals surface area contributed by atoms with Crippen LogP contribution < -0.4 is 0 Å². The highest BCUT2D eigenvalue weighted by atomic mass is 16.6. The fourth-order valence-corrected chi connectivity index (χ4v) is 1.07. The molecular weight excluding hydrogens is 212 g/mol. The van der Waals surface area contributed by atoms with Crippen molar-refractivity contribution in [2.24, 2.45) is 0 Å². The van der Waals surface area contributed by atoms with Gasteiger partial charge >= 0.3 is 5.97 Å². The molecule has 1 aromatic rings. The molecule has 0 aliphatic carbocycles. The topological polar surface area (TPSA) is 81.3 Å². The molecule has 0 amide bonds. The summed E-state index contributed by atoms with van der Waals surface area (Å²) in [5, 5.41) is 0. The summed E-state index contributed by atoms with van der Waals surface area (Å²) in [7, 11) is 0. The monoisotopic (exact) mass is 226 g/mol. The van der Waals surface area contributed by atoms with Crippen molar-refractivity contribution in [3.63, 3.8) is 0 Å². The highest BCUT2D eigenvalue weighted by Gasteiger charge is 2.29. The van der Waals surface area contributed by atoms with Crippen molar-refractivity contribution in [1.29, 1.82) is 0 Å². The largest absolute Gasteiger partial charge is 0.457 e. The van der Waals surface area contributed by atoms with E-state index in [1.165, 1.54) is 12.5 Å². The lowest BCUT2D eigenvalue weighted by Gasteiger charge is -2.22. The molecule has 1 aromatic heterocycles. The van der Waals surface area contributed by atoms with Crippen molar-refractivity contribution >= 4 is 12.4 Å². The van der Waals surface area contributed by atoms with Crippen LogP contribution in [0.1, 0.15) is 32.6 Å². The second-order valence-corrected chi connectivity index (χ2v) is 4.14. The molecule has 0 bridgehead atoms. The van der Waals surface area contributed by atoms with Crippen LogP contribution in [-0.2, 0) is 19.1 Å². The third-order valence-electron chi connectivity index (χ3n) is 1.60. The molecule has 88 valence electrons. The Bertz CT molecular complexity index is 353. The number of aromatic amines is 1. The Morgan fingerprint density at radius 2 is 2.25 bits per heavy atom. The van der Waals surface area contributed by atoms with E-state index in [1.54, 1.807) is 20.8 Å². The van der Waals surface area contributed by atoms with E-state index < -0.39 is 17.7 Å². The molecule has 1 rings (SSSR count).